The molecule has 3 aromatic carbocycles. The van der Waals surface area contributed by atoms with Gasteiger partial charge in [-0.25, -0.2) is 0 Å². The van der Waals surface area contributed by atoms with Gasteiger partial charge in [0.15, 0.2) is 0 Å². The molecule has 0 aliphatic rings. The Hall–Kier alpha value is -2.74. The van der Waals surface area contributed by atoms with Crippen molar-refractivity contribution in [2.24, 2.45) is 7.05 Å². The number of hydrogen-bond donors (Lipinski definition) is 1. The predicted octanol–water partition coefficient (Wildman–Crippen LogP) is 4.97. The van der Waals surface area contributed by atoms with Gasteiger partial charge in [-0.15, -0.1) is 0 Å². The van der Waals surface area contributed by atoms with E-state index in [1.54, 1.807) is 0 Å². The topological polar surface area (TPSA) is 20.7 Å². The van der Waals surface area contributed by atoms with Crippen LogP contribution in [-0.2, 0) is 7.05 Å². The van der Waals surface area contributed by atoms with E-state index >= 15 is 0 Å². The number of rotatable bonds is 0. The highest BCUT2D eigenvalue weighted by atomic mass is 14.9. The van der Waals surface area contributed by atoms with E-state index < -0.39 is 0 Å². The van der Waals surface area contributed by atoms with E-state index in [0.29, 0.717) is 0 Å². The summed E-state index contributed by atoms with van der Waals surface area (Å²) in [6.45, 7) is 0. The molecule has 5 rings (SSSR count). The van der Waals surface area contributed by atoms with Crippen molar-refractivity contribution in [2.45, 2.75) is 0 Å². The number of aromatic amines is 1. The van der Waals surface area contributed by atoms with Crippen LogP contribution in [-0.4, -0.2) is 9.55 Å². The minimum atomic E-state index is 1.20. The highest BCUT2D eigenvalue weighted by Gasteiger charge is 2.13. The van der Waals surface area contributed by atoms with Crippen LogP contribution in [0, 0.1) is 0 Å². The Kier molecular flexibility index (Phi) is 1.92. The van der Waals surface area contributed by atoms with Crippen molar-refractivity contribution < 1.29 is 0 Å². The lowest BCUT2D eigenvalue weighted by Crippen LogP contribution is -1.86. The molecule has 1 N–H and O–H groups in total. The fraction of sp³-hybridized carbons (Fsp3) is 0.0526. The van der Waals surface area contributed by atoms with Gasteiger partial charge in [0.05, 0.1) is 5.52 Å². The zero-order valence-corrected chi connectivity index (χ0v) is 11.7. The third kappa shape index (κ3) is 1.27. The maximum absolute atomic E-state index is 3.53. The maximum atomic E-state index is 3.53. The van der Waals surface area contributed by atoms with Gasteiger partial charge < -0.3 is 9.55 Å². The molecule has 0 aliphatic heterocycles. The van der Waals surface area contributed by atoms with Crippen LogP contribution in [0.3, 0.4) is 0 Å². The maximum Gasteiger partial charge on any atom is 0.0590 e. The van der Waals surface area contributed by atoms with Crippen LogP contribution in [0.4, 0.5) is 0 Å². The summed E-state index contributed by atoms with van der Waals surface area (Å²) < 4.78 is 2.31. The van der Waals surface area contributed by atoms with Crippen molar-refractivity contribution in [1.29, 1.82) is 0 Å². The quantitative estimate of drug-likeness (QED) is 0.410. The van der Waals surface area contributed by atoms with E-state index in [-0.39, 0.29) is 0 Å². The van der Waals surface area contributed by atoms with Gasteiger partial charge in [-0.3, -0.25) is 0 Å². The molecule has 5 aromatic rings. The summed E-state index contributed by atoms with van der Waals surface area (Å²) in [6.07, 6.45) is 0. The molecule has 0 unspecified atom stereocenters. The number of nitrogens with one attached hydrogen (secondary N) is 1. The third-order valence-electron chi connectivity index (χ3n) is 4.53. The van der Waals surface area contributed by atoms with Crippen LogP contribution in [0.1, 0.15) is 0 Å². The van der Waals surface area contributed by atoms with Crippen molar-refractivity contribution in [2.75, 3.05) is 0 Å². The molecule has 0 atom stereocenters. The molecular weight excluding hydrogens is 256 g/mol. The number of para-hydroxylation sites is 2. The van der Waals surface area contributed by atoms with Crippen molar-refractivity contribution in [3.8, 4) is 0 Å². The van der Waals surface area contributed by atoms with E-state index in [1.165, 1.54) is 43.6 Å². The second-order valence-electron chi connectivity index (χ2n) is 5.63. The van der Waals surface area contributed by atoms with Gasteiger partial charge in [-0.1, -0.05) is 42.5 Å². The number of hydrogen-bond acceptors (Lipinski definition) is 0. The summed E-state index contributed by atoms with van der Waals surface area (Å²) in [7, 11) is 2.16. The number of H-pyrrole nitrogens is 1. The van der Waals surface area contributed by atoms with Crippen molar-refractivity contribution in [3.63, 3.8) is 0 Å². The zero-order valence-electron chi connectivity index (χ0n) is 11.7. The van der Waals surface area contributed by atoms with Gasteiger partial charge in [-0.2, -0.15) is 0 Å². The summed E-state index contributed by atoms with van der Waals surface area (Å²) in [5.41, 5.74) is 5.00. The lowest BCUT2D eigenvalue weighted by Gasteiger charge is -2.00. The molecule has 21 heavy (non-hydrogen) atoms. The predicted molar refractivity (Wildman–Crippen MR) is 89.8 cm³/mol. The summed E-state index contributed by atoms with van der Waals surface area (Å²) in [6, 6.07) is 21.6. The summed E-state index contributed by atoms with van der Waals surface area (Å²) in [5.74, 6) is 0. The van der Waals surface area contributed by atoms with Crippen LogP contribution in [0.2, 0.25) is 0 Å². The van der Waals surface area contributed by atoms with E-state index in [1.807, 2.05) is 0 Å². The Bertz CT molecular complexity index is 1140. The summed E-state index contributed by atoms with van der Waals surface area (Å²) in [4.78, 5) is 3.53. The highest BCUT2D eigenvalue weighted by molar-refractivity contribution is 6.24. The summed E-state index contributed by atoms with van der Waals surface area (Å²) >= 11 is 0. The minimum Gasteiger partial charge on any atom is -0.354 e. The number of nitrogens with zero attached hydrogens (tertiary/aromatic N) is 1. The summed E-state index contributed by atoms with van der Waals surface area (Å²) in [5, 5.41) is 5.26. The second kappa shape index (κ2) is 3.67. The standard InChI is InChI=1S/C19H14N2/c1-21-17-9-5-3-6-12(17)13-10-11-16-18(19(13)21)14-7-2-4-8-15(14)20-16/h2-11,20H,1H3. The van der Waals surface area contributed by atoms with Crippen molar-refractivity contribution >= 4 is 43.6 Å². The fourth-order valence-electron chi connectivity index (χ4n) is 3.60. The first-order valence-electron chi connectivity index (χ1n) is 7.21. The molecule has 0 amide bonds. The molecule has 0 aliphatic carbocycles. The third-order valence-corrected chi connectivity index (χ3v) is 4.53. The Labute approximate surface area is 121 Å². The first kappa shape index (κ1) is 11.0. The van der Waals surface area contributed by atoms with Gasteiger partial charge in [0.2, 0.25) is 0 Å². The molecule has 2 nitrogen and oxygen atoms in total. The Morgan fingerprint density at radius 3 is 2.38 bits per heavy atom. The molecular formula is C19H14N2. The average molecular weight is 270 g/mol. The van der Waals surface area contributed by atoms with E-state index in [4.69, 9.17) is 0 Å². The van der Waals surface area contributed by atoms with Crippen LogP contribution in [0.25, 0.3) is 43.6 Å². The van der Waals surface area contributed by atoms with E-state index in [0.717, 1.165) is 0 Å². The van der Waals surface area contributed by atoms with Crippen LogP contribution >= 0.6 is 0 Å². The van der Waals surface area contributed by atoms with Gasteiger partial charge in [0.25, 0.3) is 0 Å². The van der Waals surface area contributed by atoms with Crippen LogP contribution in [0.5, 0.6) is 0 Å². The largest absolute Gasteiger partial charge is 0.354 e. The Morgan fingerprint density at radius 2 is 1.48 bits per heavy atom. The molecule has 0 saturated heterocycles. The molecule has 0 fully saturated rings. The van der Waals surface area contributed by atoms with Crippen LogP contribution in [0.15, 0.2) is 60.7 Å². The van der Waals surface area contributed by atoms with Gasteiger partial charge in [0, 0.05) is 45.1 Å². The molecule has 0 radical (unpaired) electrons. The molecule has 0 spiro atoms. The molecule has 100 valence electrons. The fourth-order valence-corrected chi connectivity index (χ4v) is 3.60. The van der Waals surface area contributed by atoms with E-state index in [9.17, 15) is 0 Å². The van der Waals surface area contributed by atoms with Gasteiger partial charge in [0.1, 0.15) is 0 Å². The highest BCUT2D eigenvalue weighted by Crippen LogP contribution is 2.36. The minimum absolute atomic E-state index is 1.20. The zero-order chi connectivity index (χ0) is 14.0. The van der Waals surface area contributed by atoms with Crippen LogP contribution < -0.4 is 0 Å². The van der Waals surface area contributed by atoms with Gasteiger partial charge >= 0.3 is 0 Å². The number of aromatic nitrogens is 2. The van der Waals surface area contributed by atoms with E-state index in [2.05, 4.69) is 77.3 Å². The van der Waals surface area contributed by atoms with Crippen molar-refractivity contribution in [1.82, 2.24) is 9.55 Å². The van der Waals surface area contributed by atoms with Crippen molar-refractivity contribution in [3.05, 3.63) is 60.7 Å². The monoisotopic (exact) mass is 270 g/mol. The second-order valence-corrected chi connectivity index (χ2v) is 5.63. The lowest BCUT2D eigenvalue weighted by molar-refractivity contribution is 1.02. The molecule has 2 aromatic heterocycles. The van der Waals surface area contributed by atoms with Gasteiger partial charge in [-0.05, 0) is 18.2 Å². The smallest absolute Gasteiger partial charge is 0.0590 e. The average Bonchev–Trinajstić information content (AvgIpc) is 3.04. The Morgan fingerprint density at radius 1 is 0.714 bits per heavy atom. The number of benzene rings is 3. The Balaban J connectivity index is 2.18. The molecule has 0 bridgehead atoms. The number of fused-ring (bicyclic) bond motifs is 7. The lowest BCUT2D eigenvalue weighted by atomic mass is 10.1. The first-order valence-corrected chi connectivity index (χ1v) is 7.21. The molecule has 2 heteroatoms. The molecule has 0 saturated carbocycles. The number of aryl methyl sites for hydroxylation is 1. The normalized spacial score (nSPS) is 12.0. The first-order chi connectivity index (χ1) is 10.3. The molecule has 2 heterocycles. The SMILES string of the molecule is Cn1c2ccccc2c2ccc3[nH]c4ccccc4c3c21.